The van der Waals surface area contributed by atoms with Gasteiger partial charge in [0, 0.05) is 15.8 Å². The van der Waals surface area contributed by atoms with Gasteiger partial charge in [-0.1, -0.05) is 68.8 Å². The van der Waals surface area contributed by atoms with Crippen molar-refractivity contribution < 1.29 is 4.79 Å². The second kappa shape index (κ2) is 8.94. The van der Waals surface area contributed by atoms with Crippen molar-refractivity contribution in [2.45, 2.75) is 47.0 Å². The highest BCUT2D eigenvalue weighted by molar-refractivity contribution is 7.16. The summed E-state index contributed by atoms with van der Waals surface area (Å²) < 4.78 is 0. The van der Waals surface area contributed by atoms with Gasteiger partial charge in [0.2, 0.25) is 0 Å². The van der Waals surface area contributed by atoms with Crippen LogP contribution >= 0.6 is 11.3 Å². The van der Waals surface area contributed by atoms with Gasteiger partial charge in [-0.25, -0.2) is 4.98 Å². The van der Waals surface area contributed by atoms with Crippen molar-refractivity contribution in [2.75, 3.05) is 5.32 Å². The Kier molecular flexibility index (Phi) is 5.94. The van der Waals surface area contributed by atoms with E-state index in [4.69, 9.17) is 4.98 Å². The van der Waals surface area contributed by atoms with Crippen molar-refractivity contribution in [3.63, 3.8) is 0 Å². The fourth-order valence-corrected chi connectivity index (χ4v) is 6.21. The molecule has 1 unspecified atom stereocenters. The number of pyridine rings is 1. The number of nitrogens with one attached hydrogen (secondary N) is 1. The summed E-state index contributed by atoms with van der Waals surface area (Å²) in [4.78, 5) is 19.7. The van der Waals surface area contributed by atoms with Gasteiger partial charge in [-0.3, -0.25) is 4.79 Å². The maximum Gasteiger partial charge on any atom is 0.257 e. The van der Waals surface area contributed by atoms with Crippen LogP contribution in [0.15, 0.2) is 54.6 Å². The molecule has 0 radical (unpaired) electrons. The summed E-state index contributed by atoms with van der Waals surface area (Å²) in [5, 5.41) is 14.5. The molecule has 1 aliphatic carbocycles. The zero-order valence-electron chi connectivity index (χ0n) is 20.6. The largest absolute Gasteiger partial charge is 0.312 e. The SMILES string of the molecule is Cc1ccc(-c2cc(C(=O)Nc3sc4c(c3C#N)CCC(C(C)(C)C)C4)c3ccccc3n2)cc1. The van der Waals surface area contributed by atoms with E-state index in [-0.39, 0.29) is 11.3 Å². The quantitative estimate of drug-likeness (QED) is 0.330. The van der Waals surface area contributed by atoms with E-state index >= 15 is 0 Å². The number of carbonyl (C=O) groups is 1. The summed E-state index contributed by atoms with van der Waals surface area (Å²) in [5.74, 6) is 0.365. The Bertz CT molecular complexity index is 1470. The molecule has 176 valence electrons. The van der Waals surface area contributed by atoms with Gasteiger partial charge < -0.3 is 5.32 Å². The van der Waals surface area contributed by atoms with Crippen LogP contribution in [-0.4, -0.2) is 10.9 Å². The first-order valence-electron chi connectivity index (χ1n) is 12.1. The van der Waals surface area contributed by atoms with Crippen LogP contribution in [0.1, 0.15) is 59.1 Å². The fourth-order valence-electron chi connectivity index (χ4n) is 4.94. The van der Waals surface area contributed by atoms with Gasteiger partial charge in [0.05, 0.1) is 22.3 Å². The third kappa shape index (κ3) is 4.47. The first-order chi connectivity index (χ1) is 16.7. The summed E-state index contributed by atoms with van der Waals surface area (Å²) in [7, 11) is 0. The molecular weight excluding hydrogens is 450 g/mol. The van der Waals surface area contributed by atoms with E-state index in [2.05, 4.69) is 32.2 Å². The van der Waals surface area contributed by atoms with Crippen molar-refractivity contribution in [3.8, 4) is 17.3 Å². The molecule has 4 aromatic rings. The van der Waals surface area contributed by atoms with Crippen LogP contribution in [0.3, 0.4) is 0 Å². The van der Waals surface area contributed by atoms with Gasteiger partial charge >= 0.3 is 0 Å². The number of para-hydroxylation sites is 1. The van der Waals surface area contributed by atoms with Crippen molar-refractivity contribution >= 4 is 33.1 Å². The molecule has 1 aliphatic rings. The number of thiophene rings is 1. The van der Waals surface area contributed by atoms with Gasteiger partial charge in [-0.05, 0) is 55.2 Å². The first-order valence-corrected chi connectivity index (χ1v) is 12.9. The number of nitriles is 1. The molecule has 0 fully saturated rings. The van der Waals surface area contributed by atoms with Crippen molar-refractivity contribution in [2.24, 2.45) is 11.3 Å². The molecule has 0 aliphatic heterocycles. The third-order valence-corrected chi connectivity index (χ3v) is 8.31. The lowest BCUT2D eigenvalue weighted by Gasteiger charge is -2.33. The van der Waals surface area contributed by atoms with E-state index in [0.717, 1.165) is 47.0 Å². The number of benzene rings is 2. The number of carbonyl (C=O) groups excluding carboxylic acids is 1. The van der Waals surface area contributed by atoms with Crippen molar-refractivity contribution in [3.05, 3.63) is 81.7 Å². The summed E-state index contributed by atoms with van der Waals surface area (Å²) in [5.41, 5.74) is 6.20. The number of fused-ring (bicyclic) bond motifs is 2. The van der Waals surface area contributed by atoms with Crippen LogP contribution in [0.5, 0.6) is 0 Å². The van der Waals surface area contributed by atoms with Crippen LogP contribution < -0.4 is 5.32 Å². The molecular formula is C30H29N3OS. The topological polar surface area (TPSA) is 65.8 Å². The van der Waals surface area contributed by atoms with E-state index in [1.165, 1.54) is 10.4 Å². The molecule has 0 bridgehead atoms. The molecule has 35 heavy (non-hydrogen) atoms. The van der Waals surface area contributed by atoms with E-state index in [9.17, 15) is 10.1 Å². The molecule has 2 aromatic heterocycles. The zero-order chi connectivity index (χ0) is 24.7. The van der Waals surface area contributed by atoms with E-state index < -0.39 is 0 Å². The van der Waals surface area contributed by atoms with Gasteiger partial charge in [0.1, 0.15) is 11.1 Å². The maximum atomic E-state index is 13.6. The number of nitrogens with zero attached hydrogens (tertiary/aromatic N) is 2. The third-order valence-electron chi connectivity index (χ3n) is 7.14. The monoisotopic (exact) mass is 479 g/mol. The minimum Gasteiger partial charge on any atom is -0.312 e. The highest BCUT2D eigenvalue weighted by Gasteiger charge is 2.32. The molecule has 1 N–H and O–H groups in total. The van der Waals surface area contributed by atoms with Gasteiger partial charge in [0.25, 0.3) is 5.91 Å². The maximum absolute atomic E-state index is 13.6. The Labute approximate surface area is 210 Å². The van der Waals surface area contributed by atoms with E-state index in [1.807, 2.05) is 61.5 Å². The second-order valence-electron chi connectivity index (χ2n) is 10.5. The normalized spacial score (nSPS) is 15.5. The van der Waals surface area contributed by atoms with Crippen LogP contribution in [0.25, 0.3) is 22.2 Å². The Morgan fingerprint density at radius 1 is 1.14 bits per heavy atom. The lowest BCUT2D eigenvalue weighted by molar-refractivity contribution is 0.102. The molecule has 1 amide bonds. The van der Waals surface area contributed by atoms with Crippen molar-refractivity contribution in [1.29, 1.82) is 5.26 Å². The Balaban J connectivity index is 1.53. The number of amides is 1. The van der Waals surface area contributed by atoms with E-state index in [0.29, 0.717) is 22.0 Å². The average molecular weight is 480 g/mol. The Hall–Kier alpha value is -3.49. The summed E-state index contributed by atoms with van der Waals surface area (Å²) in [6.45, 7) is 8.90. The minimum absolute atomic E-state index is 0.209. The number of aryl methyl sites for hydroxylation is 1. The van der Waals surface area contributed by atoms with Crippen LogP contribution in [0.4, 0.5) is 5.00 Å². The highest BCUT2D eigenvalue weighted by atomic mass is 32.1. The lowest BCUT2D eigenvalue weighted by atomic mass is 9.72. The van der Waals surface area contributed by atoms with Crippen molar-refractivity contribution in [1.82, 2.24) is 4.98 Å². The molecule has 5 heteroatoms. The molecule has 0 spiro atoms. The number of hydrogen-bond donors (Lipinski definition) is 1. The number of anilines is 1. The highest BCUT2D eigenvalue weighted by Crippen LogP contribution is 2.44. The second-order valence-corrected chi connectivity index (χ2v) is 11.6. The van der Waals surface area contributed by atoms with Gasteiger partial charge in [-0.15, -0.1) is 11.3 Å². The summed E-state index contributed by atoms with van der Waals surface area (Å²) in [6.07, 6.45) is 2.93. The molecule has 0 saturated carbocycles. The Morgan fingerprint density at radius 2 is 1.89 bits per heavy atom. The van der Waals surface area contributed by atoms with E-state index in [1.54, 1.807) is 11.3 Å². The predicted molar refractivity (Wildman–Crippen MR) is 144 cm³/mol. The van der Waals surface area contributed by atoms with Crippen LogP contribution in [-0.2, 0) is 12.8 Å². The van der Waals surface area contributed by atoms with Crippen LogP contribution in [0.2, 0.25) is 0 Å². The smallest absolute Gasteiger partial charge is 0.257 e. The molecule has 0 saturated heterocycles. The Morgan fingerprint density at radius 3 is 2.60 bits per heavy atom. The lowest BCUT2D eigenvalue weighted by Crippen LogP contribution is -2.26. The summed E-state index contributed by atoms with van der Waals surface area (Å²) in [6, 6.07) is 20.1. The minimum atomic E-state index is -0.209. The van der Waals surface area contributed by atoms with Gasteiger partial charge in [0.15, 0.2) is 0 Å². The fraction of sp³-hybridized carbons (Fsp3) is 0.300. The number of aromatic nitrogens is 1. The molecule has 1 atom stereocenters. The molecule has 5 rings (SSSR count). The van der Waals surface area contributed by atoms with Crippen LogP contribution in [0, 0.1) is 29.6 Å². The molecule has 2 heterocycles. The summed E-state index contributed by atoms with van der Waals surface area (Å²) >= 11 is 1.57. The predicted octanol–water partition coefficient (Wildman–Crippen LogP) is 7.55. The first kappa shape index (κ1) is 23.3. The average Bonchev–Trinajstić information content (AvgIpc) is 3.19. The number of hydrogen-bond acceptors (Lipinski definition) is 4. The number of rotatable bonds is 3. The molecule has 4 nitrogen and oxygen atoms in total. The van der Waals surface area contributed by atoms with Gasteiger partial charge in [-0.2, -0.15) is 5.26 Å². The zero-order valence-corrected chi connectivity index (χ0v) is 21.4. The molecule has 2 aromatic carbocycles. The standard InChI is InChI=1S/C30H29N3OS/c1-18-9-11-19(12-10-18)26-16-23(21-7-5-6-8-25(21)32-26)28(34)33-29-24(17-31)22-14-13-20(30(2,3)4)15-27(22)35-29/h5-12,16,20H,13-15H2,1-4H3,(H,33,34).